The van der Waals surface area contributed by atoms with Gasteiger partial charge in [0.1, 0.15) is 36.5 Å². The Morgan fingerprint density at radius 3 is 1.84 bits per heavy atom. The highest BCUT2D eigenvalue weighted by atomic mass is 16.7. The maximum absolute atomic E-state index is 15.2. The smallest absolute Gasteiger partial charge is 0.410 e. The third kappa shape index (κ3) is 25.3. The van der Waals surface area contributed by atoms with E-state index >= 15 is 9.59 Å². The SMILES string of the molecule is CC[C@H](C)[C@@H]([C@@H](CC(=O)N1CCC[C@H]1[C@H](OC)[C@@H](C)C(=O)C[C@H](C)[C@@H](O)c1ccccc1)OC)N(C)C(=O)[C@@H](CC(=O)[C@H](C(C)C)N(C)C(=O)OCc1ccc(O[C@@H]2O[C@H](C(=O)OC)[C@@H](C)[C@H](C)[C@H]2OC(C)=O)c(NC(=O)CCNC(=O)[C@H](CCCCNC(c2ccccc2)(c2ccccc2)c2ccc(OC)cc2)NC(=O)OCC2c3ccccc3-c3ccccc32)c1)C(C)C. The molecule has 706 valence electrons. The van der Waals surface area contributed by atoms with Crippen molar-refractivity contribution >= 4 is 65.0 Å². The summed E-state index contributed by atoms with van der Waals surface area (Å²) in [4.78, 5) is 148. The summed E-state index contributed by atoms with van der Waals surface area (Å²) in [5.74, 6) is -7.19. The zero-order valence-electron chi connectivity index (χ0n) is 78.9. The molecule has 2 saturated heterocycles. The molecule has 0 bridgehead atoms. The Kier molecular flexibility index (Phi) is 37.4. The van der Waals surface area contributed by atoms with E-state index in [9.17, 15) is 43.5 Å². The fraction of sp³-hybridized carbons (Fsp3) is 0.500. The average molecular weight is 1800 g/mol. The average Bonchev–Trinajstić information content (AvgIpc) is 1.37. The number of methoxy groups -OCH3 is 4. The fourth-order valence-corrected chi connectivity index (χ4v) is 19.0. The lowest BCUT2D eigenvalue weighted by atomic mass is 9.77. The Hall–Kier alpha value is -11.4. The number of fused-ring (bicyclic) bond motifs is 3. The highest BCUT2D eigenvalue weighted by Crippen LogP contribution is 2.46. The van der Waals surface area contributed by atoms with Gasteiger partial charge in [-0.2, -0.15) is 0 Å². The molecule has 16 atom stereocenters. The van der Waals surface area contributed by atoms with Crippen molar-refractivity contribution < 1.29 is 95.7 Å². The summed E-state index contributed by atoms with van der Waals surface area (Å²) < 4.78 is 53.6. The third-order valence-corrected chi connectivity index (χ3v) is 26.6. The van der Waals surface area contributed by atoms with E-state index in [1.165, 1.54) is 45.2 Å². The van der Waals surface area contributed by atoms with Crippen molar-refractivity contribution in [2.24, 2.45) is 47.3 Å². The van der Waals surface area contributed by atoms with Crippen LogP contribution in [0.15, 0.2) is 182 Å². The number of ether oxygens (including phenoxy) is 9. The van der Waals surface area contributed by atoms with Crippen molar-refractivity contribution in [1.82, 2.24) is 30.7 Å². The minimum Gasteiger partial charge on any atom is -0.497 e. The number of likely N-dealkylation sites (N-methyl/N-ethyl adjacent to an activating group) is 2. The van der Waals surface area contributed by atoms with Gasteiger partial charge in [-0.3, -0.25) is 38.9 Å². The van der Waals surface area contributed by atoms with Gasteiger partial charge in [0.2, 0.25) is 29.9 Å². The molecule has 1 aliphatic carbocycles. The number of ketones is 2. The number of Topliss-reactive ketones (excluding diaryl/α,β-unsaturated/α-hetero) is 2. The summed E-state index contributed by atoms with van der Waals surface area (Å²) in [5.41, 5.74) is 7.30. The predicted octanol–water partition coefficient (Wildman–Crippen LogP) is 15.4. The number of anilines is 1. The first kappa shape index (κ1) is 102. The van der Waals surface area contributed by atoms with Gasteiger partial charge in [-0.05, 0) is 143 Å². The topological polar surface area (TPSA) is 332 Å². The lowest BCUT2D eigenvalue weighted by Gasteiger charge is -2.42. The van der Waals surface area contributed by atoms with Crippen LogP contribution in [0, 0.1) is 47.3 Å². The summed E-state index contributed by atoms with van der Waals surface area (Å²) in [7, 11) is 9.02. The normalized spacial score (nSPS) is 18.9. The van der Waals surface area contributed by atoms with Gasteiger partial charge in [-0.25, -0.2) is 14.4 Å². The standard InChI is InChI=1S/C104H135N7O20/c1-18-65(6)93(89(124-15)60-91(116)111-56-34-46-85(111)95(125-16)69(10)86(113)57-66(7)94(117)72-35-22-19-23-36-72)109(12)99(119)81(63(2)3)59-87(114)92(64(4)5)110(13)103(122)128-61-71-47-52-88(130-101-97(129-70(11)112)68(9)67(8)96(131-101)100(120)126-17)84(58-71)107-90(115)53-55-105-98(118)83(108-102(121)127-62-82-79-43-30-28-41-77(79)78-42-29-31-44-80(78)82)45-32-33-54-106-104(73-37-24-20-25-38-73,74-39-26-21-27-40-74)75-48-50-76(123-14)51-49-75/h19-31,35-44,47-52,58,63-69,81-83,85,89,92-97,101,106,117H,18,32-34,45-46,53-57,59-62H2,1-17H3,(H,105,118)(H,107,115)(H,108,121)/t65-,66-,67-,68-,69-,81-,83-,85-,89+,92-,93-,94+,95+,96-,97+,101+/m0/s1. The number of unbranched alkanes of at least 4 members (excludes halogenated alkanes) is 1. The van der Waals surface area contributed by atoms with E-state index in [1.807, 2.05) is 181 Å². The molecule has 0 unspecified atom stereocenters. The summed E-state index contributed by atoms with van der Waals surface area (Å²) in [6.07, 6.45) is -5.18. The number of benzene rings is 7. The first-order chi connectivity index (χ1) is 62.8. The maximum atomic E-state index is 15.2. The molecule has 6 amide bonds. The number of rotatable bonds is 46. The molecule has 27 heteroatoms. The zero-order chi connectivity index (χ0) is 94.9. The molecule has 2 heterocycles. The number of carbonyl (C=O) groups is 10. The monoisotopic (exact) mass is 1800 g/mol. The Morgan fingerprint density at radius 1 is 0.649 bits per heavy atom. The number of nitrogens with zero attached hydrogens (tertiary/aromatic N) is 3. The van der Waals surface area contributed by atoms with Gasteiger partial charge < -0.3 is 78.4 Å². The van der Waals surface area contributed by atoms with E-state index in [1.54, 1.807) is 64.8 Å². The molecule has 0 radical (unpaired) electrons. The Labute approximate surface area is 771 Å². The molecule has 27 nitrogen and oxygen atoms in total. The highest BCUT2D eigenvalue weighted by molar-refractivity contribution is 5.94. The van der Waals surface area contributed by atoms with E-state index in [2.05, 4.69) is 45.5 Å². The molecule has 2 aliphatic heterocycles. The van der Waals surface area contributed by atoms with Gasteiger partial charge >= 0.3 is 24.1 Å². The number of nitrogens with one attached hydrogen (secondary N) is 4. The number of aliphatic hydroxyl groups excluding tert-OH is 1. The van der Waals surface area contributed by atoms with E-state index in [0.717, 1.165) is 44.5 Å². The molecule has 5 N–H and O–H groups in total. The van der Waals surface area contributed by atoms with Crippen LogP contribution in [0.4, 0.5) is 15.3 Å². The number of carbonyl (C=O) groups excluding carboxylic acids is 10. The number of esters is 2. The molecule has 131 heavy (non-hydrogen) atoms. The van der Waals surface area contributed by atoms with E-state index in [-0.39, 0.29) is 98.0 Å². The van der Waals surface area contributed by atoms with Crippen LogP contribution in [-0.4, -0.2) is 203 Å². The molecule has 2 fully saturated rings. The number of hydrogen-bond donors (Lipinski definition) is 5. The predicted molar refractivity (Wildman–Crippen MR) is 498 cm³/mol. The van der Waals surface area contributed by atoms with Crippen LogP contribution < -0.4 is 30.7 Å². The Bertz CT molecular complexity index is 4880. The van der Waals surface area contributed by atoms with Crippen molar-refractivity contribution in [3.05, 3.63) is 221 Å². The van der Waals surface area contributed by atoms with Crippen LogP contribution in [0.25, 0.3) is 11.1 Å². The van der Waals surface area contributed by atoms with E-state index in [4.69, 9.17) is 42.6 Å². The first-order valence-corrected chi connectivity index (χ1v) is 46.0. The minimum absolute atomic E-state index is 0.00970. The van der Waals surface area contributed by atoms with Gasteiger partial charge in [-0.1, -0.05) is 233 Å². The molecule has 3 aliphatic rings. The second kappa shape index (κ2) is 48.2. The first-order valence-electron chi connectivity index (χ1n) is 46.0. The van der Waals surface area contributed by atoms with Crippen LogP contribution in [-0.2, 0) is 83.7 Å². The quantitative estimate of drug-likeness (QED) is 0.0102. The molecule has 0 aromatic heterocycles. The van der Waals surface area contributed by atoms with Crippen molar-refractivity contribution in [3.63, 3.8) is 0 Å². The molecular formula is C104H135N7O20. The molecule has 0 saturated carbocycles. The second-order valence-corrected chi connectivity index (χ2v) is 35.9. The summed E-state index contributed by atoms with van der Waals surface area (Å²) in [5, 5.41) is 23.7. The number of alkyl carbamates (subject to hydrolysis) is 1. The van der Waals surface area contributed by atoms with Crippen molar-refractivity contribution in [2.75, 3.05) is 74.1 Å². The van der Waals surface area contributed by atoms with E-state index in [0.29, 0.717) is 56.5 Å². The lowest BCUT2D eigenvalue weighted by molar-refractivity contribution is -0.248. The summed E-state index contributed by atoms with van der Waals surface area (Å²) in [6.45, 7) is 19.9. The summed E-state index contributed by atoms with van der Waals surface area (Å²) in [6, 6.07) is 54.6. The minimum atomic E-state index is -1.44. The third-order valence-electron chi connectivity index (χ3n) is 26.6. The molecule has 7 aromatic carbocycles. The van der Waals surface area contributed by atoms with Crippen LogP contribution >= 0.6 is 0 Å². The van der Waals surface area contributed by atoms with Gasteiger partial charge in [0, 0.05) is 91.3 Å². The lowest BCUT2D eigenvalue weighted by Crippen LogP contribution is -2.55. The van der Waals surface area contributed by atoms with Gasteiger partial charge in [0.05, 0.1) is 68.3 Å². The maximum Gasteiger partial charge on any atom is 0.410 e. The Morgan fingerprint density at radius 2 is 1.26 bits per heavy atom. The van der Waals surface area contributed by atoms with Crippen molar-refractivity contribution in [3.8, 4) is 22.6 Å². The molecule has 0 spiro atoms. The number of amides is 6. The van der Waals surface area contributed by atoms with Crippen molar-refractivity contribution in [2.45, 2.75) is 219 Å². The van der Waals surface area contributed by atoms with Gasteiger partial charge in [-0.15, -0.1) is 0 Å². The highest BCUT2D eigenvalue weighted by Gasteiger charge is 2.50. The summed E-state index contributed by atoms with van der Waals surface area (Å²) >= 11 is 0. The number of aliphatic hydroxyl groups is 1. The number of likely N-dealkylation sites (tertiary alicyclic amines) is 1. The van der Waals surface area contributed by atoms with Crippen molar-refractivity contribution in [1.29, 1.82) is 0 Å². The van der Waals surface area contributed by atoms with Crippen LogP contribution in [0.2, 0.25) is 0 Å². The van der Waals surface area contributed by atoms with Crippen LogP contribution in [0.3, 0.4) is 0 Å². The van der Waals surface area contributed by atoms with Gasteiger partial charge in [0.25, 0.3) is 0 Å². The van der Waals surface area contributed by atoms with Gasteiger partial charge in [0.15, 0.2) is 18.0 Å². The van der Waals surface area contributed by atoms with Crippen LogP contribution in [0.5, 0.6) is 11.5 Å². The fourth-order valence-electron chi connectivity index (χ4n) is 19.0. The molecular weight excluding hydrogens is 1670 g/mol. The zero-order valence-corrected chi connectivity index (χ0v) is 78.9. The number of hydrogen-bond acceptors (Lipinski definition) is 21. The second-order valence-electron chi connectivity index (χ2n) is 35.9. The molecule has 10 rings (SSSR count). The Balaban J connectivity index is 0.828. The largest absolute Gasteiger partial charge is 0.497 e. The molecule has 7 aromatic rings. The van der Waals surface area contributed by atoms with Crippen LogP contribution in [0.1, 0.15) is 191 Å². The van der Waals surface area contributed by atoms with E-state index < -0.39 is 144 Å².